The molecule has 1 unspecified atom stereocenters. The van der Waals surface area contributed by atoms with Crippen molar-refractivity contribution in [1.29, 1.82) is 0 Å². The lowest BCUT2D eigenvalue weighted by Gasteiger charge is -2.43. The van der Waals surface area contributed by atoms with E-state index in [9.17, 15) is 0 Å². The summed E-state index contributed by atoms with van der Waals surface area (Å²) in [5.41, 5.74) is 1.03. The first kappa shape index (κ1) is 12.4. The lowest BCUT2D eigenvalue weighted by molar-refractivity contribution is 0.116. The van der Waals surface area contributed by atoms with Crippen LogP contribution in [0.4, 0.5) is 0 Å². The van der Waals surface area contributed by atoms with Crippen LogP contribution in [-0.2, 0) is 0 Å². The van der Waals surface area contributed by atoms with Gasteiger partial charge in [-0.15, -0.1) is 0 Å². The van der Waals surface area contributed by atoms with E-state index in [0.29, 0.717) is 11.0 Å². The normalized spacial score (nSPS) is 32.6. The summed E-state index contributed by atoms with van der Waals surface area (Å²) in [5.74, 6) is 0.956. The van der Waals surface area contributed by atoms with E-state index in [1.165, 1.54) is 45.4 Å². The van der Waals surface area contributed by atoms with Crippen LogP contribution in [0.3, 0.4) is 0 Å². The Morgan fingerprint density at radius 1 is 1.25 bits per heavy atom. The van der Waals surface area contributed by atoms with Gasteiger partial charge in [0.05, 0.1) is 0 Å². The zero-order chi connectivity index (χ0) is 11.8. The minimum Gasteiger partial charge on any atom is -0.309 e. The average Bonchev–Trinajstić information content (AvgIpc) is 2.86. The Hall–Kier alpha value is -0.0800. The van der Waals surface area contributed by atoms with E-state index in [1.54, 1.807) is 0 Å². The number of hydrogen-bond acceptors (Lipinski definition) is 2. The molecule has 2 aliphatic rings. The van der Waals surface area contributed by atoms with Gasteiger partial charge < -0.3 is 5.32 Å². The Bertz CT molecular complexity index is 243. The second-order valence-electron chi connectivity index (χ2n) is 6.54. The molecular formula is C14H28N2. The average molecular weight is 224 g/mol. The molecule has 0 spiro atoms. The van der Waals surface area contributed by atoms with Crippen molar-refractivity contribution in [3.05, 3.63) is 0 Å². The highest BCUT2D eigenvalue weighted by atomic mass is 15.2. The van der Waals surface area contributed by atoms with Gasteiger partial charge in [0, 0.05) is 31.7 Å². The van der Waals surface area contributed by atoms with Gasteiger partial charge in [-0.05, 0) is 30.6 Å². The number of nitrogens with one attached hydrogen (secondary N) is 1. The van der Waals surface area contributed by atoms with Crippen molar-refractivity contribution in [3.63, 3.8) is 0 Å². The van der Waals surface area contributed by atoms with Crippen LogP contribution >= 0.6 is 0 Å². The largest absolute Gasteiger partial charge is 0.309 e. The highest BCUT2D eigenvalue weighted by molar-refractivity contribution is 4.99. The van der Waals surface area contributed by atoms with Crippen molar-refractivity contribution in [2.45, 2.75) is 52.5 Å². The lowest BCUT2D eigenvalue weighted by Crippen LogP contribution is -2.60. The molecule has 0 aromatic carbocycles. The van der Waals surface area contributed by atoms with Crippen molar-refractivity contribution in [2.75, 3.05) is 26.2 Å². The van der Waals surface area contributed by atoms with Gasteiger partial charge in [-0.25, -0.2) is 0 Å². The summed E-state index contributed by atoms with van der Waals surface area (Å²) in [6.45, 7) is 14.5. The Morgan fingerprint density at radius 2 is 1.88 bits per heavy atom. The van der Waals surface area contributed by atoms with Gasteiger partial charge in [-0.3, -0.25) is 4.90 Å². The van der Waals surface area contributed by atoms with Gasteiger partial charge >= 0.3 is 0 Å². The van der Waals surface area contributed by atoms with Crippen molar-refractivity contribution in [1.82, 2.24) is 10.2 Å². The highest BCUT2D eigenvalue weighted by Crippen LogP contribution is 2.51. The Morgan fingerprint density at radius 3 is 2.38 bits per heavy atom. The fraction of sp³-hybridized carbons (Fsp3) is 1.00. The van der Waals surface area contributed by atoms with Gasteiger partial charge in [-0.2, -0.15) is 0 Å². The quantitative estimate of drug-likeness (QED) is 0.789. The van der Waals surface area contributed by atoms with Gasteiger partial charge in [-0.1, -0.05) is 27.7 Å². The smallest absolute Gasteiger partial charge is 0.0304 e. The first-order valence-electron chi connectivity index (χ1n) is 6.99. The van der Waals surface area contributed by atoms with Crippen LogP contribution in [0, 0.1) is 11.3 Å². The SMILES string of the molecule is CCC1(CC)CN(CC2CC2(C)C)CCN1. The third-order valence-corrected chi connectivity index (χ3v) is 5.00. The minimum atomic E-state index is 0.400. The third kappa shape index (κ3) is 2.43. The zero-order valence-electron chi connectivity index (χ0n) is 11.5. The van der Waals surface area contributed by atoms with Crippen molar-refractivity contribution < 1.29 is 0 Å². The molecule has 1 atom stereocenters. The molecule has 0 radical (unpaired) electrons. The topological polar surface area (TPSA) is 15.3 Å². The second kappa shape index (κ2) is 4.30. The summed E-state index contributed by atoms with van der Waals surface area (Å²) >= 11 is 0. The lowest BCUT2D eigenvalue weighted by atomic mass is 9.90. The fourth-order valence-corrected chi connectivity index (χ4v) is 3.12. The Labute approximate surface area is 101 Å². The molecule has 0 amide bonds. The molecule has 1 saturated carbocycles. The summed E-state index contributed by atoms with van der Waals surface area (Å²) in [6, 6.07) is 0. The number of nitrogens with zero attached hydrogens (tertiary/aromatic N) is 1. The molecule has 2 rings (SSSR count). The van der Waals surface area contributed by atoms with E-state index in [4.69, 9.17) is 0 Å². The maximum Gasteiger partial charge on any atom is 0.0304 e. The zero-order valence-corrected chi connectivity index (χ0v) is 11.5. The van der Waals surface area contributed by atoms with E-state index in [1.807, 2.05) is 0 Å². The summed E-state index contributed by atoms with van der Waals surface area (Å²) in [6.07, 6.45) is 3.95. The van der Waals surface area contributed by atoms with Crippen molar-refractivity contribution in [3.8, 4) is 0 Å². The molecule has 0 bridgehead atoms. The van der Waals surface area contributed by atoms with Gasteiger partial charge in [0.2, 0.25) is 0 Å². The molecule has 1 saturated heterocycles. The molecule has 2 nitrogen and oxygen atoms in total. The Balaban J connectivity index is 1.87. The van der Waals surface area contributed by atoms with Crippen LogP contribution in [0.25, 0.3) is 0 Å². The van der Waals surface area contributed by atoms with Crippen LogP contribution in [0.2, 0.25) is 0 Å². The summed E-state index contributed by atoms with van der Waals surface area (Å²) < 4.78 is 0. The first-order valence-corrected chi connectivity index (χ1v) is 6.99. The van der Waals surface area contributed by atoms with Gasteiger partial charge in [0.1, 0.15) is 0 Å². The standard InChI is InChI=1S/C14H28N2/c1-5-14(6-2)11-16(8-7-15-14)10-12-9-13(12,3)4/h12,15H,5-11H2,1-4H3. The van der Waals surface area contributed by atoms with E-state index in [-0.39, 0.29) is 0 Å². The molecule has 0 aromatic heterocycles. The van der Waals surface area contributed by atoms with Crippen molar-refractivity contribution >= 4 is 0 Å². The molecule has 1 heterocycles. The molecule has 16 heavy (non-hydrogen) atoms. The predicted molar refractivity (Wildman–Crippen MR) is 69.6 cm³/mol. The highest BCUT2D eigenvalue weighted by Gasteiger charge is 2.46. The van der Waals surface area contributed by atoms with Crippen LogP contribution in [0.5, 0.6) is 0 Å². The number of piperazine rings is 1. The number of rotatable bonds is 4. The molecule has 2 fully saturated rings. The minimum absolute atomic E-state index is 0.400. The molecular weight excluding hydrogens is 196 g/mol. The summed E-state index contributed by atoms with van der Waals surface area (Å²) in [5, 5.41) is 3.73. The van der Waals surface area contributed by atoms with Crippen molar-refractivity contribution in [2.24, 2.45) is 11.3 Å². The molecule has 0 aromatic rings. The fourth-order valence-electron chi connectivity index (χ4n) is 3.12. The molecule has 2 heteroatoms. The van der Waals surface area contributed by atoms with E-state index in [2.05, 4.69) is 37.9 Å². The van der Waals surface area contributed by atoms with Crippen LogP contribution in [0.1, 0.15) is 47.0 Å². The van der Waals surface area contributed by atoms with Crippen LogP contribution in [0.15, 0.2) is 0 Å². The molecule has 1 N–H and O–H groups in total. The number of hydrogen-bond donors (Lipinski definition) is 1. The summed E-state index contributed by atoms with van der Waals surface area (Å²) in [4.78, 5) is 2.70. The maximum atomic E-state index is 3.73. The first-order chi connectivity index (χ1) is 7.51. The van der Waals surface area contributed by atoms with Crippen LogP contribution < -0.4 is 5.32 Å². The maximum absolute atomic E-state index is 3.73. The monoisotopic (exact) mass is 224 g/mol. The second-order valence-corrected chi connectivity index (χ2v) is 6.54. The summed E-state index contributed by atoms with van der Waals surface area (Å²) in [7, 11) is 0. The van der Waals surface area contributed by atoms with Gasteiger partial charge in [0.15, 0.2) is 0 Å². The molecule has 94 valence electrons. The van der Waals surface area contributed by atoms with E-state index < -0.39 is 0 Å². The predicted octanol–water partition coefficient (Wildman–Crippen LogP) is 2.50. The third-order valence-electron chi connectivity index (χ3n) is 5.00. The van der Waals surface area contributed by atoms with E-state index >= 15 is 0 Å². The molecule has 1 aliphatic carbocycles. The van der Waals surface area contributed by atoms with Gasteiger partial charge in [0.25, 0.3) is 0 Å². The van der Waals surface area contributed by atoms with E-state index in [0.717, 1.165) is 5.92 Å². The van der Waals surface area contributed by atoms with Crippen LogP contribution in [-0.4, -0.2) is 36.6 Å². The Kier molecular flexibility index (Phi) is 3.33. The molecule has 1 aliphatic heterocycles.